The van der Waals surface area contributed by atoms with Crippen molar-refractivity contribution < 1.29 is 14.3 Å². The van der Waals surface area contributed by atoms with Gasteiger partial charge in [-0.3, -0.25) is 4.79 Å². The molecule has 0 spiro atoms. The van der Waals surface area contributed by atoms with Gasteiger partial charge >= 0.3 is 0 Å². The molecule has 0 atom stereocenters. The number of benzene rings is 3. The van der Waals surface area contributed by atoms with Crippen molar-refractivity contribution >= 4 is 16.9 Å². The summed E-state index contributed by atoms with van der Waals surface area (Å²) in [7, 11) is 1.59. The summed E-state index contributed by atoms with van der Waals surface area (Å²) in [5.74, 6) is 2.24. The van der Waals surface area contributed by atoms with Crippen LogP contribution in [0.4, 0.5) is 0 Å². The Bertz CT molecular complexity index is 1300. The molecule has 3 aromatic carbocycles. The van der Waals surface area contributed by atoms with E-state index in [0.717, 1.165) is 54.0 Å². The molecule has 1 amide bonds. The number of hydrogen-bond donors (Lipinski definition) is 1. The summed E-state index contributed by atoms with van der Waals surface area (Å²) in [4.78, 5) is 17.5. The molecule has 0 saturated carbocycles. The van der Waals surface area contributed by atoms with E-state index >= 15 is 0 Å². The predicted molar refractivity (Wildman–Crippen MR) is 139 cm³/mol. The molecule has 0 unspecified atom stereocenters. The van der Waals surface area contributed by atoms with E-state index in [9.17, 15) is 4.79 Å². The number of hydrogen-bond acceptors (Lipinski definition) is 4. The number of carbonyl (C=O) groups excluding carboxylic acids is 1. The Morgan fingerprint density at radius 1 is 1.06 bits per heavy atom. The molecule has 0 bridgehead atoms. The Balaban J connectivity index is 1.38. The van der Waals surface area contributed by atoms with E-state index in [1.165, 1.54) is 0 Å². The maximum absolute atomic E-state index is 12.7. The number of methoxy groups -OCH3 is 1. The topological polar surface area (TPSA) is 65.4 Å². The molecule has 6 heteroatoms. The fourth-order valence-electron chi connectivity index (χ4n) is 4.06. The van der Waals surface area contributed by atoms with Gasteiger partial charge in [0, 0.05) is 12.1 Å². The quantitative estimate of drug-likeness (QED) is 0.218. The van der Waals surface area contributed by atoms with E-state index in [1.807, 2.05) is 48.5 Å². The van der Waals surface area contributed by atoms with Crippen molar-refractivity contribution in [2.45, 2.75) is 32.4 Å². The lowest BCUT2D eigenvalue weighted by Crippen LogP contribution is -2.24. The molecule has 0 aliphatic heterocycles. The molecular weight excluding hydrogens is 438 g/mol. The highest BCUT2D eigenvalue weighted by molar-refractivity contribution is 5.94. The van der Waals surface area contributed by atoms with Gasteiger partial charge in [0.05, 0.1) is 31.3 Å². The fraction of sp³-hybridized carbons (Fsp3) is 0.241. The molecule has 6 nitrogen and oxygen atoms in total. The smallest absolute Gasteiger partial charge is 0.251 e. The highest BCUT2D eigenvalue weighted by Crippen LogP contribution is 2.20. The van der Waals surface area contributed by atoms with Crippen LogP contribution in [0.2, 0.25) is 0 Å². The summed E-state index contributed by atoms with van der Waals surface area (Å²) in [6, 6.07) is 23.3. The zero-order valence-electron chi connectivity index (χ0n) is 20.1. The van der Waals surface area contributed by atoms with Gasteiger partial charge < -0.3 is 19.4 Å². The molecular formula is C29H31N3O3. The van der Waals surface area contributed by atoms with Crippen LogP contribution in [0.25, 0.3) is 11.0 Å². The molecule has 0 aliphatic rings. The third kappa shape index (κ3) is 6.09. The van der Waals surface area contributed by atoms with Crippen LogP contribution in [-0.2, 0) is 19.5 Å². The number of imidazole rings is 1. The van der Waals surface area contributed by atoms with Crippen LogP contribution < -0.4 is 14.8 Å². The zero-order valence-corrected chi connectivity index (χ0v) is 20.1. The van der Waals surface area contributed by atoms with Crippen molar-refractivity contribution in [1.29, 1.82) is 0 Å². The first kappa shape index (κ1) is 24.1. The lowest BCUT2D eigenvalue weighted by Gasteiger charge is -2.12. The molecule has 0 radical (unpaired) electrons. The average Bonchev–Trinajstić information content (AvgIpc) is 3.25. The van der Waals surface area contributed by atoms with Crippen LogP contribution >= 0.6 is 0 Å². The van der Waals surface area contributed by atoms with Gasteiger partial charge in [0.15, 0.2) is 0 Å². The van der Waals surface area contributed by atoms with E-state index < -0.39 is 0 Å². The van der Waals surface area contributed by atoms with E-state index in [2.05, 4.69) is 28.6 Å². The van der Waals surface area contributed by atoms with Crippen molar-refractivity contribution in [1.82, 2.24) is 14.9 Å². The molecule has 4 rings (SSSR count). The molecule has 1 heterocycles. The van der Waals surface area contributed by atoms with Crippen LogP contribution in [0, 0.1) is 0 Å². The number of nitrogens with zero attached hydrogens (tertiary/aromatic N) is 2. The van der Waals surface area contributed by atoms with Gasteiger partial charge in [0.2, 0.25) is 0 Å². The second kappa shape index (κ2) is 11.9. The van der Waals surface area contributed by atoms with Crippen LogP contribution in [0.5, 0.6) is 11.5 Å². The largest absolute Gasteiger partial charge is 0.497 e. The van der Waals surface area contributed by atoms with Gasteiger partial charge in [-0.1, -0.05) is 42.5 Å². The summed E-state index contributed by atoms with van der Waals surface area (Å²) in [5, 5.41) is 3.00. The Kier molecular flexibility index (Phi) is 8.17. The number of aryl methyl sites for hydroxylation is 1. The average molecular weight is 470 g/mol. The summed E-state index contributed by atoms with van der Waals surface area (Å²) in [6.07, 6.45) is 4.52. The van der Waals surface area contributed by atoms with E-state index in [0.29, 0.717) is 24.5 Å². The lowest BCUT2D eigenvalue weighted by atomic mass is 10.1. The summed E-state index contributed by atoms with van der Waals surface area (Å²) < 4.78 is 13.4. The first-order valence-electron chi connectivity index (χ1n) is 11.9. The number of carbonyl (C=O) groups is 1. The number of ether oxygens (including phenoxy) is 2. The number of rotatable bonds is 12. The van der Waals surface area contributed by atoms with Gasteiger partial charge in [0.1, 0.15) is 17.3 Å². The Labute approximate surface area is 206 Å². The molecule has 4 aromatic rings. The SMILES string of the molecule is C=CCc1ccccc1OCCCCn1c(CNC(=O)c2cccc(OC)c2)nc2ccccc21. The fourth-order valence-corrected chi connectivity index (χ4v) is 4.06. The van der Waals surface area contributed by atoms with Gasteiger partial charge in [-0.15, -0.1) is 6.58 Å². The van der Waals surface area contributed by atoms with Crippen LogP contribution in [-0.4, -0.2) is 29.2 Å². The number of aromatic nitrogens is 2. The van der Waals surface area contributed by atoms with Gasteiger partial charge in [0.25, 0.3) is 5.91 Å². The standard InChI is InChI=1S/C29H31N3O3/c1-3-11-22-12-4-7-17-27(22)35-19-9-8-18-32-26-16-6-5-15-25(26)31-28(32)21-30-29(33)23-13-10-14-24(20-23)34-2/h3-7,10,12-17,20H,1,8-9,11,18-19,21H2,2H3,(H,30,33). The van der Waals surface area contributed by atoms with E-state index in [4.69, 9.17) is 14.5 Å². The van der Waals surface area contributed by atoms with E-state index in [1.54, 1.807) is 25.3 Å². The minimum atomic E-state index is -0.158. The highest BCUT2D eigenvalue weighted by atomic mass is 16.5. The summed E-state index contributed by atoms with van der Waals surface area (Å²) in [6.45, 7) is 5.60. The highest BCUT2D eigenvalue weighted by Gasteiger charge is 2.13. The third-order valence-corrected chi connectivity index (χ3v) is 5.84. The number of allylic oxidation sites excluding steroid dienone is 1. The molecule has 35 heavy (non-hydrogen) atoms. The minimum absolute atomic E-state index is 0.158. The van der Waals surface area contributed by atoms with Gasteiger partial charge in [-0.25, -0.2) is 4.98 Å². The zero-order chi connectivity index (χ0) is 24.5. The number of fused-ring (bicyclic) bond motifs is 1. The van der Waals surface area contributed by atoms with Crippen molar-refractivity contribution in [2.24, 2.45) is 0 Å². The lowest BCUT2D eigenvalue weighted by molar-refractivity contribution is 0.0949. The number of para-hydroxylation sites is 3. The minimum Gasteiger partial charge on any atom is -0.497 e. The van der Waals surface area contributed by atoms with Crippen LogP contribution in [0.15, 0.2) is 85.5 Å². The van der Waals surface area contributed by atoms with Gasteiger partial charge in [-0.05, 0) is 61.2 Å². The number of amides is 1. The van der Waals surface area contributed by atoms with Crippen molar-refractivity contribution in [3.8, 4) is 11.5 Å². The van der Waals surface area contributed by atoms with Crippen molar-refractivity contribution in [2.75, 3.05) is 13.7 Å². The van der Waals surface area contributed by atoms with Crippen molar-refractivity contribution in [3.63, 3.8) is 0 Å². The van der Waals surface area contributed by atoms with Crippen molar-refractivity contribution in [3.05, 3.63) is 102 Å². The molecule has 180 valence electrons. The summed E-state index contributed by atoms with van der Waals surface area (Å²) >= 11 is 0. The number of nitrogens with one attached hydrogen (secondary N) is 1. The van der Waals surface area contributed by atoms with Crippen LogP contribution in [0.1, 0.15) is 34.6 Å². The Morgan fingerprint density at radius 2 is 1.89 bits per heavy atom. The maximum atomic E-state index is 12.7. The maximum Gasteiger partial charge on any atom is 0.251 e. The second-order valence-electron chi connectivity index (χ2n) is 8.24. The Hall–Kier alpha value is -4.06. The Morgan fingerprint density at radius 3 is 2.74 bits per heavy atom. The number of unbranched alkanes of at least 4 members (excludes halogenated alkanes) is 1. The summed E-state index contributed by atoms with van der Waals surface area (Å²) in [5.41, 5.74) is 3.70. The molecule has 0 aliphatic carbocycles. The molecule has 0 fully saturated rings. The molecule has 1 aromatic heterocycles. The normalized spacial score (nSPS) is 10.8. The first-order valence-corrected chi connectivity index (χ1v) is 11.9. The molecule has 0 saturated heterocycles. The monoisotopic (exact) mass is 469 g/mol. The van der Waals surface area contributed by atoms with Gasteiger partial charge in [-0.2, -0.15) is 0 Å². The van der Waals surface area contributed by atoms with E-state index in [-0.39, 0.29) is 5.91 Å². The third-order valence-electron chi connectivity index (χ3n) is 5.84. The predicted octanol–water partition coefficient (Wildman–Crippen LogP) is 5.56. The first-order chi connectivity index (χ1) is 17.2. The van der Waals surface area contributed by atoms with Crippen LogP contribution in [0.3, 0.4) is 0 Å². The molecule has 1 N–H and O–H groups in total. The second-order valence-corrected chi connectivity index (χ2v) is 8.24.